The van der Waals surface area contributed by atoms with E-state index in [9.17, 15) is 9.59 Å². The highest BCUT2D eigenvalue weighted by atomic mass is 16.5. The second kappa shape index (κ2) is 7.51. The van der Waals surface area contributed by atoms with E-state index in [2.05, 4.69) is 5.32 Å². The number of rotatable bonds is 4. The lowest BCUT2D eigenvalue weighted by atomic mass is 10.1. The summed E-state index contributed by atoms with van der Waals surface area (Å²) in [5.74, 6) is 0.414. The van der Waals surface area contributed by atoms with E-state index in [4.69, 9.17) is 9.15 Å². The van der Waals surface area contributed by atoms with Gasteiger partial charge in [0, 0.05) is 23.6 Å². The molecule has 1 heterocycles. The first-order chi connectivity index (χ1) is 11.6. The van der Waals surface area contributed by atoms with Gasteiger partial charge in [0.25, 0.3) is 5.91 Å². The van der Waals surface area contributed by atoms with Crippen LogP contribution in [-0.4, -0.2) is 18.1 Å². The van der Waals surface area contributed by atoms with Crippen molar-refractivity contribution in [1.29, 1.82) is 0 Å². The lowest BCUT2D eigenvalue weighted by Crippen LogP contribution is -2.42. The smallest absolute Gasteiger partial charge is 0.336 e. The molecule has 0 spiro atoms. The minimum Gasteiger partial charge on any atom is -0.481 e. The van der Waals surface area contributed by atoms with Gasteiger partial charge in [-0.3, -0.25) is 4.79 Å². The molecule has 1 aliphatic carbocycles. The van der Waals surface area contributed by atoms with Crippen molar-refractivity contribution in [2.75, 3.05) is 0 Å². The second-order valence-corrected chi connectivity index (χ2v) is 6.41. The molecule has 1 saturated carbocycles. The normalized spacial score (nSPS) is 17.2. The summed E-state index contributed by atoms with van der Waals surface area (Å²) in [4.78, 5) is 23.6. The number of amides is 1. The van der Waals surface area contributed by atoms with Gasteiger partial charge >= 0.3 is 5.63 Å². The van der Waals surface area contributed by atoms with Gasteiger partial charge in [0.05, 0.1) is 0 Å². The fourth-order valence-electron chi connectivity index (χ4n) is 3.11. The molecule has 5 heteroatoms. The van der Waals surface area contributed by atoms with Crippen molar-refractivity contribution in [2.24, 2.45) is 0 Å². The summed E-state index contributed by atoms with van der Waals surface area (Å²) in [5, 5.41) is 3.90. The lowest BCUT2D eigenvalue weighted by molar-refractivity contribution is -0.128. The SMILES string of the molecule is C[C@H](Oc1ccc2ccc(=O)oc2c1)C(=O)NC1CCCCCC1. The van der Waals surface area contributed by atoms with Gasteiger partial charge in [-0.05, 0) is 38.0 Å². The maximum absolute atomic E-state index is 12.3. The molecule has 0 unspecified atom stereocenters. The van der Waals surface area contributed by atoms with E-state index >= 15 is 0 Å². The Bertz CT molecular complexity index is 759. The van der Waals surface area contributed by atoms with E-state index < -0.39 is 11.7 Å². The standard InChI is InChI=1S/C19H23NO4/c1-13(19(22)20-15-6-4-2-3-5-7-15)23-16-10-8-14-9-11-18(21)24-17(14)12-16/h8-13,15H,2-7H2,1H3,(H,20,22)/t13-/m0/s1. The van der Waals surface area contributed by atoms with Crippen molar-refractivity contribution >= 4 is 16.9 Å². The van der Waals surface area contributed by atoms with Crippen LogP contribution in [0.5, 0.6) is 5.75 Å². The first kappa shape index (κ1) is 16.6. The molecule has 1 aromatic heterocycles. The van der Waals surface area contributed by atoms with Gasteiger partial charge in [-0.15, -0.1) is 0 Å². The summed E-state index contributed by atoms with van der Waals surface area (Å²) in [6.45, 7) is 1.73. The molecule has 3 rings (SSSR count). The minimum absolute atomic E-state index is 0.100. The fraction of sp³-hybridized carbons (Fsp3) is 0.474. The number of hydrogen-bond donors (Lipinski definition) is 1. The van der Waals surface area contributed by atoms with Crippen LogP contribution >= 0.6 is 0 Å². The zero-order chi connectivity index (χ0) is 16.9. The maximum atomic E-state index is 12.3. The van der Waals surface area contributed by atoms with Crippen molar-refractivity contribution in [3.05, 3.63) is 40.8 Å². The molecule has 0 aliphatic heterocycles. The molecule has 2 aromatic rings. The number of carbonyl (C=O) groups excluding carboxylic acids is 1. The quantitative estimate of drug-likeness (QED) is 0.689. The number of nitrogens with one attached hydrogen (secondary N) is 1. The summed E-state index contributed by atoms with van der Waals surface area (Å²) in [6, 6.07) is 8.56. The van der Waals surface area contributed by atoms with Crippen molar-refractivity contribution in [3.63, 3.8) is 0 Å². The van der Waals surface area contributed by atoms with E-state index in [0.717, 1.165) is 18.2 Å². The van der Waals surface area contributed by atoms with Crippen LogP contribution in [0.3, 0.4) is 0 Å². The molecule has 1 amide bonds. The molecule has 1 aromatic carbocycles. The summed E-state index contributed by atoms with van der Waals surface area (Å²) in [7, 11) is 0. The predicted octanol–water partition coefficient (Wildman–Crippen LogP) is 3.40. The van der Waals surface area contributed by atoms with Crippen LogP contribution in [0.4, 0.5) is 0 Å². The van der Waals surface area contributed by atoms with Gasteiger partial charge in [-0.1, -0.05) is 25.7 Å². The molecule has 5 nitrogen and oxygen atoms in total. The van der Waals surface area contributed by atoms with Gasteiger partial charge in [-0.25, -0.2) is 4.79 Å². The molecule has 128 valence electrons. The Kier molecular flexibility index (Phi) is 5.18. The molecular formula is C19H23NO4. The van der Waals surface area contributed by atoms with Crippen LogP contribution in [0, 0.1) is 0 Å². The van der Waals surface area contributed by atoms with Gasteiger partial charge in [0.2, 0.25) is 0 Å². The van der Waals surface area contributed by atoms with E-state index in [1.165, 1.54) is 31.7 Å². The number of carbonyl (C=O) groups is 1. The summed E-state index contributed by atoms with van der Waals surface area (Å²) < 4.78 is 10.9. The average Bonchev–Trinajstić information content (AvgIpc) is 2.83. The molecule has 1 atom stereocenters. The summed E-state index contributed by atoms with van der Waals surface area (Å²) in [5.41, 5.74) is 0.0511. The van der Waals surface area contributed by atoms with Crippen LogP contribution in [0.15, 0.2) is 39.5 Å². The highest BCUT2D eigenvalue weighted by molar-refractivity contribution is 5.81. The molecule has 1 N–H and O–H groups in total. The minimum atomic E-state index is -0.596. The highest BCUT2D eigenvalue weighted by Crippen LogP contribution is 2.21. The van der Waals surface area contributed by atoms with Crippen LogP contribution < -0.4 is 15.7 Å². The molecular weight excluding hydrogens is 306 g/mol. The number of fused-ring (bicyclic) bond motifs is 1. The zero-order valence-corrected chi connectivity index (χ0v) is 13.9. The number of hydrogen-bond acceptors (Lipinski definition) is 4. The highest BCUT2D eigenvalue weighted by Gasteiger charge is 2.20. The Hall–Kier alpha value is -2.30. The summed E-state index contributed by atoms with van der Waals surface area (Å²) >= 11 is 0. The maximum Gasteiger partial charge on any atom is 0.336 e. The third-order valence-corrected chi connectivity index (χ3v) is 4.48. The van der Waals surface area contributed by atoms with Crippen molar-refractivity contribution in [1.82, 2.24) is 5.32 Å². The summed E-state index contributed by atoms with van der Waals surface area (Å²) in [6.07, 6.45) is 6.33. The third-order valence-electron chi connectivity index (χ3n) is 4.48. The first-order valence-electron chi connectivity index (χ1n) is 8.63. The van der Waals surface area contributed by atoms with Crippen LogP contribution in [0.1, 0.15) is 45.4 Å². The Morgan fingerprint density at radius 1 is 1.17 bits per heavy atom. The zero-order valence-electron chi connectivity index (χ0n) is 13.9. The lowest BCUT2D eigenvalue weighted by Gasteiger charge is -2.20. The largest absolute Gasteiger partial charge is 0.481 e. The Morgan fingerprint density at radius 2 is 1.88 bits per heavy atom. The Morgan fingerprint density at radius 3 is 2.62 bits per heavy atom. The molecule has 1 fully saturated rings. The third kappa shape index (κ3) is 4.16. The Balaban J connectivity index is 1.63. The van der Waals surface area contributed by atoms with Crippen molar-refractivity contribution in [2.45, 2.75) is 57.6 Å². The number of benzene rings is 1. The topological polar surface area (TPSA) is 68.5 Å². The predicted molar refractivity (Wildman–Crippen MR) is 92.2 cm³/mol. The van der Waals surface area contributed by atoms with E-state index in [-0.39, 0.29) is 11.9 Å². The van der Waals surface area contributed by atoms with E-state index in [0.29, 0.717) is 11.3 Å². The van der Waals surface area contributed by atoms with Crippen LogP contribution in [-0.2, 0) is 4.79 Å². The van der Waals surface area contributed by atoms with Crippen LogP contribution in [0.2, 0.25) is 0 Å². The molecule has 0 bridgehead atoms. The van der Waals surface area contributed by atoms with Gasteiger partial charge in [0.1, 0.15) is 11.3 Å². The Labute approximate surface area is 141 Å². The number of ether oxygens (including phenoxy) is 1. The van der Waals surface area contributed by atoms with Gasteiger partial charge < -0.3 is 14.5 Å². The molecule has 1 aliphatic rings. The second-order valence-electron chi connectivity index (χ2n) is 6.41. The van der Waals surface area contributed by atoms with Crippen molar-refractivity contribution in [3.8, 4) is 5.75 Å². The molecule has 0 saturated heterocycles. The average molecular weight is 329 g/mol. The fourth-order valence-corrected chi connectivity index (χ4v) is 3.11. The van der Waals surface area contributed by atoms with Crippen LogP contribution in [0.25, 0.3) is 11.0 Å². The molecule has 24 heavy (non-hydrogen) atoms. The van der Waals surface area contributed by atoms with E-state index in [1.807, 2.05) is 6.07 Å². The van der Waals surface area contributed by atoms with Gasteiger partial charge in [0.15, 0.2) is 6.10 Å². The monoisotopic (exact) mass is 329 g/mol. The van der Waals surface area contributed by atoms with Gasteiger partial charge in [-0.2, -0.15) is 0 Å². The first-order valence-corrected chi connectivity index (χ1v) is 8.63. The molecule has 0 radical (unpaired) electrons. The van der Waals surface area contributed by atoms with E-state index in [1.54, 1.807) is 25.1 Å². The van der Waals surface area contributed by atoms with Crippen molar-refractivity contribution < 1.29 is 13.9 Å².